The second kappa shape index (κ2) is 6.91. The summed E-state index contributed by atoms with van der Waals surface area (Å²) in [4.78, 5) is 4.38. The van der Waals surface area contributed by atoms with Crippen LogP contribution in [0.4, 0.5) is 5.69 Å². The number of hydrogen-bond donors (Lipinski definition) is 2. The molecule has 0 fully saturated rings. The van der Waals surface area contributed by atoms with E-state index in [1.54, 1.807) is 13.3 Å². The van der Waals surface area contributed by atoms with Crippen LogP contribution in [0, 0.1) is 5.92 Å². The van der Waals surface area contributed by atoms with E-state index < -0.39 is 0 Å². The number of rotatable bonds is 6. The Labute approximate surface area is 119 Å². The molecule has 0 saturated heterocycles. The molecule has 0 bridgehead atoms. The number of aliphatic hydroxyl groups is 1. The molecular formula is C16H20N2O2. The molecule has 1 aromatic carbocycles. The smallest absolute Gasteiger partial charge is 0.119 e. The van der Waals surface area contributed by atoms with E-state index in [1.165, 1.54) is 0 Å². The first-order valence-electron chi connectivity index (χ1n) is 6.67. The summed E-state index contributed by atoms with van der Waals surface area (Å²) in [7, 11) is 1.65. The van der Waals surface area contributed by atoms with Gasteiger partial charge in [0, 0.05) is 24.4 Å². The molecular weight excluding hydrogens is 252 g/mol. The average Bonchev–Trinajstić information content (AvgIpc) is 2.53. The quantitative estimate of drug-likeness (QED) is 0.849. The molecule has 2 aromatic rings. The van der Waals surface area contributed by atoms with Crippen LogP contribution >= 0.6 is 0 Å². The molecule has 0 aliphatic carbocycles. The van der Waals surface area contributed by atoms with E-state index in [4.69, 9.17) is 4.74 Å². The zero-order chi connectivity index (χ0) is 14.4. The third kappa shape index (κ3) is 3.48. The summed E-state index contributed by atoms with van der Waals surface area (Å²) in [6, 6.07) is 13.5. The molecule has 0 unspecified atom stereocenters. The van der Waals surface area contributed by atoms with E-state index in [0.29, 0.717) is 0 Å². The van der Waals surface area contributed by atoms with Gasteiger partial charge in [0.15, 0.2) is 0 Å². The van der Waals surface area contributed by atoms with Gasteiger partial charge < -0.3 is 15.2 Å². The van der Waals surface area contributed by atoms with Gasteiger partial charge in [-0.25, -0.2) is 0 Å². The van der Waals surface area contributed by atoms with Crippen LogP contribution in [0.5, 0.6) is 5.75 Å². The SMILES string of the molecule is COc1ccc(N[C@@H](c2ccccn2)[C@@H](C)CO)cc1. The van der Waals surface area contributed by atoms with Gasteiger partial charge in [-0.2, -0.15) is 0 Å². The minimum Gasteiger partial charge on any atom is -0.497 e. The van der Waals surface area contributed by atoms with Crippen molar-refractivity contribution in [3.05, 3.63) is 54.4 Å². The number of aliphatic hydroxyl groups excluding tert-OH is 1. The Morgan fingerprint density at radius 1 is 1.20 bits per heavy atom. The maximum atomic E-state index is 9.44. The molecule has 0 amide bonds. The number of nitrogens with one attached hydrogen (secondary N) is 1. The van der Waals surface area contributed by atoms with E-state index >= 15 is 0 Å². The lowest BCUT2D eigenvalue weighted by molar-refractivity contribution is 0.221. The van der Waals surface area contributed by atoms with Gasteiger partial charge in [-0.1, -0.05) is 13.0 Å². The molecule has 1 aromatic heterocycles. The maximum absolute atomic E-state index is 9.44. The van der Waals surface area contributed by atoms with Gasteiger partial charge in [0.25, 0.3) is 0 Å². The highest BCUT2D eigenvalue weighted by atomic mass is 16.5. The predicted molar refractivity (Wildman–Crippen MR) is 79.8 cm³/mol. The zero-order valence-corrected chi connectivity index (χ0v) is 11.8. The highest BCUT2D eigenvalue weighted by Gasteiger charge is 2.19. The molecule has 0 aliphatic heterocycles. The molecule has 4 heteroatoms. The second-order valence-corrected chi connectivity index (χ2v) is 4.76. The summed E-state index contributed by atoms with van der Waals surface area (Å²) < 4.78 is 5.15. The summed E-state index contributed by atoms with van der Waals surface area (Å²) >= 11 is 0. The van der Waals surface area contributed by atoms with Crippen LogP contribution in [0.2, 0.25) is 0 Å². The van der Waals surface area contributed by atoms with E-state index in [-0.39, 0.29) is 18.6 Å². The van der Waals surface area contributed by atoms with E-state index in [0.717, 1.165) is 17.1 Å². The van der Waals surface area contributed by atoms with Gasteiger partial charge in [-0.15, -0.1) is 0 Å². The van der Waals surface area contributed by atoms with Crippen molar-refractivity contribution in [1.29, 1.82) is 0 Å². The molecule has 2 rings (SSSR count). The van der Waals surface area contributed by atoms with Gasteiger partial charge in [-0.3, -0.25) is 4.98 Å². The topological polar surface area (TPSA) is 54.4 Å². The number of ether oxygens (including phenoxy) is 1. The lowest BCUT2D eigenvalue weighted by atomic mass is 9.98. The number of hydrogen-bond acceptors (Lipinski definition) is 4. The largest absolute Gasteiger partial charge is 0.497 e. The van der Waals surface area contributed by atoms with Crippen LogP contribution in [0.1, 0.15) is 18.7 Å². The Morgan fingerprint density at radius 3 is 2.50 bits per heavy atom. The minimum absolute atomic E-state index is 0.0328. The Hall–Kier alpha value is -2.07. The summed E-state index contributed by atoms with van der Waals surface area (Å²) in [5.41, 5.74) is 1.90. The summed E-state index contributed by atoms with van der Waals surface area (Å²) in [6.45, 7) is 2.10. The van der Waals surface area contributed by atoms with E-state index in [2.05, 4.69) is 10.3 Å². The molecule has 1 heterocycles. The van der Waals surface area contributed by atoms with Crippen molar-refractivity contribution in [2.75, 3.05) is 19.0 Å². The number of methoxy groups -OCH3 is 1. The van der Waals surface area contributed by atoms with Crippen molar-refractivity contribution in [2.24, 2.45) is 5.92 Å². The van der Waals surface area contributed by atoms with Gasteiger partial charge in [0.1, 0.15) is 5.75 Å². The standard InChI is InChI=1S/C16H20N2O2/c1-12(11-19)16(15-5-3-4-10-17-15)18-13-6-8-14(20-2)9-7-13/h3-10,12,16,18-19H,11H2,1-2H3/t12-,16+/m0/s1. The fourth-order valence-electron chi connectivity index (χ4n) is 2.04. The van der Waals surface area contributed by atoms with Crippen molar-refractivity contribution < 1.29 is 9.84 Å². The molecule has 20 heavy (non-hydrogen) atoms. The Bertz CT molecular complexity index is 514. The second-order valence-electron chi connectivity index (χ2n) is 4.76. The van der Waals surface area contributed by atoms with Crippen molar-refractivity contribution >= 4 is 5.69 Å². The normalized spacial score (nSPS) is 13.6. The zero-order valence-electron chi connectivity index (χ0n) is 11.8. The third-order valence-corrected chi connectivity index (χ3v) is 3.28. The van der Waals surface area contributed by atoms with Crippen LogP contribution < -0.4 is 10.1 Å². The molecule has 0 saturated carbocycles. The number of pyridine rings is 1. The molecule has 0 aliphatic rings. The van der Waals surface area contributed by atoms with Crippen LogP contribution in [0.25, 0.3) is 0 Å². The van der Waals surface area contributed by atoms with Crippen molar-refractivity contribution in [3.8, 4) is 5.75 Å². The van der Waals surface area contributed by atoms with Crippen LogP contribution in [0.3, 0.4) is 0 Å². The monoisotopic (exact) mass is 272 g/mol. The van der Waals surface area contributed by atoms with Crippen LogP contribution in [-0.4, -0.2) is 23.8 Å². The Morgan fingerprint density at radius 2 is 1.95 bits per heavy atom. The van der Waals surface area contributed by atoms with Gasteiger partial charge in [-0.05, 0) is 36.4 Å². The summed E-state index contributed by atoms with van der Waals surface area (Å²) in [6.07, 6.45) is 1.77. The van der Waals surface area contributed by atoms with Crippen molar-refractivity contribution in [2.45, 2.75) is 13.0 Å². The molecule has 2 N–H and O–H groups in total. The number of aromatic nitrogens is 1. The number of anilines is 1. The van der Waals surface area contributed by atoms with E-state index in [9.17, 15) is 5.11 Å². The Balaban J connectivity index is 2.19. The average molecular weight is 272 g/mol. The number of benzene rings is 1. The lowest BCUT2D eigenvalue weighted by Gasteiger charge is -2.24. The van der Waals surface area contributed by atoms with Gasteiger partial charge in [0.05, 0.1) is 18.8 Å². The predicted octanol–water partition coefficient (Wildman–Crippen LogP) is 2.87. The Kier molecular flexibility index (Phi) is 4.96. The molecule has 106 valence electrons. The van der Waals surface area contributed by atoms with Gasteiger partial charge >= 0.3 is 0 Å². The molecule has 0 spiro atoms. The first-order chi connectivity index (χ1) is 9.74. The number of nitrogens with zero attached hydrogens (tertiary/aromatic N) is 1. The fraction of sp³-hybridized carbons (Fsp3) is 0.312. The van der Waals surface area contributed by atoms with Crippen LogP contribution in [0.15, 0.2) is 48.7 Å². The first-order valence-corrected chi connectivity index (χ1v) is 6.67. The molecule has 2 atom stereocenters. The first kappa shape index (κ1) is 14.3. The van der Waals surface area contributed by atoms with Crippen molar-refractivity contribution in [3.63, 3.8) is 0 Å². The third-order valence-electron chi connectivity index (χ3n) is 3.28. The molecule has 0 radical (unpaired) electrons. The lowest BCUT2D eigenvalue weighted by Crippen LogP contribution is -2.22. The fourth-order valence-corrected chi connectivity index (χ4v) is 2.04. The maximum Gasteiger partial charge on any atom is 0.119 e. The molecule has 4 nitrogen and oxygen atoms in total. The highest BCUT2D eigenvalue weighted by molar-refractivity contribution is 5.48. The van der Waals surface area contributed by atoms with Crippen LogP contribution in [-0.2, 0) is 0 Å². The minimum atomic E-state index is -0.0328. The summed E-state index contributed by atoms with van der Waals surface area (Å²) in [5, 5.41) is 12.9. The summed E-state index contributed by atoms with van der Waals surface area (Å²) in [5.74, 6) is 0.882. The van der Waals surface area contributed by atoms with Crippen molar-refractivity contribution in [1.82, 2.24) is 4.98 Å². The van der Waals surface area contributed by atoms with Gasteiger partial charge in [0.2, 0.25) is 0 Å². The highest BCUT2D eigenvalue weighted by Crippen LogP contribution is 2.26. The van der Waals surface area contributed by atoms with E-state index in [1.807, 2.05) is 49.4 Å².